The van der Waals surface area contributed by atoms with Gasteiger partial charge in [-0.3, -0.25) is 14.3 Å². The summed E-state index contributed by atoms with van der Waals surface area (Å²) in [5.41, 5.74) is -0.924. The number of aromatic amines is 1. The molecule has 1 aromatic heterocycles. The van der Waals surface area contributed by atoms with Gasteiger partial charge in [0.2, 0.25) is 0 Å². The first-order valence-electron chi connectivity index (χ1n) is 5.79. The minimum Gasteiger partial charge on any atom is -0.349 e. The van der Waals surface area contributed by atoms with Gasteiger partial charge in [0.15, 0.2) is 0 Å². The summed E-state index contributed by atoms with van der Waals surface area (Å²) in [7, 11) is -2.83. The first-order chi connectivity index (χ1) is 9.38. The fraction of sp³-hybridized carbons (Fsp3) is 0.600. The van der Waals surface area contributed by atoms with E-state index in [0.29, 0.717) is 5.56 Å². The highest BCUT2D eigenvalue weighted by Crippen LogP contribution is 2.31. The number of ether oxygens (including phenoxy) is 1. The maximum absolute atomic E-state index is 13.7. The third-order valence-corrected chi connectivity index (χ3v) is 3.34. The summed E-state index contributed by atoms with van der Waals surface area (Å²) in [6.45, 7) is 1.12. The Balaban J connectivity index is 2.16. The third kappa shape index (κ3) is 3.18. The molecule has 1 saturated heterocycles. The van der Waals surface area contributed by atoms with Gasteiger partial charge in [0.05, 0.1) is 0 Å². The van der Waals surface area contributed by atoms with E-state index in [1.54, 1.807) is 0 Å². The summed E-state index contributed by atoms with van der Waals surface area (Å²) in [5, 5.41) is 0. The molecule has 8 nitrogen and oxygen atoms in total. The van der Waals surface area contributed by atoms with Gasteiger partial charge in [-0.15, -0.1) is 9.42 Å². The van der Waals surface area contributed by atoms with Crippen LogP contribution in [0.25, 0.3) is 0 Å². The third-order valence-electron chi connectivity index (χ3n) is 2.97. The molecule has 20 heavy (non-hydrogen) atoms. The van der Waals surface area contributed by atoms with E-state index in [1.165, 1.54) is 13.1 Å². The number of nitrogens with one attached hydrogen (secondary N) is 1. The van der Waals surface area contributed by atoms with E-state index in [2.05, 4.69) is 9.51 Å². The minimum atomic E-state index is -2.83. The van der Waals surface area contributed by atoms with Crippen molar-refractivity contribution in [1.82, 2.24) is 9.55 Å². The molecule has 1 fully saturated rings. The standard InChI is InChI=1S/C10H12FN2O6P/c1-5-3-13(10(15)12-9(5)14)8-2-6(11)7(19-8)4-18-20(16)17/h3,6-8H,2,4H2,1H3,(H-,12,14,15,16,17)/p+1. The van der Waals surface area contributed by atoms with E-state index in [0.717, 1.165) is 4.57 Å². The minimum absolute atomic E-state index is 0.109. The highest BCUT2D eigenvalue weighted by molar-refractivity contribution is 7.32. The van der Waals surface area contributed by atoms with Crippen LogP contribution in [0.1, 0.15) is 18.2 Å². The zero-order valence-corrected chi connectivity index (χ0v) is 11.4. The lowest BCUT2D eigenvalue weighted by Crippen LogP contribution is -2.33. The largest absolute Gasteiger partial charge is 0.694 e. The van der Waals surface area contributed by atoms with Gasteiger partial charge in [-0.2, -0.15) is 0 Å². The second-order valence-electron chi connectivity index (χ2n) is 4.39. The maximum Gasteiger partial charge on any atom is 0.694 e. The lowest BCUT2D eigenvalue weighted by atomic mass is 10.2. The molecule has 1 aliphatic rings. The Bertz CT molecular complexity index is 629. The van der Waals surface area contributed by atoms with Gasteiger partial charge in [-0.25, -0.2) is 9.18 Å². The molecule has 0 spiro atoms. The molecule has 110 valence electrons. The number of nitrogens with zero attached hydrogens (tertiary/aromatic N) is 1. The van der Waals surface area contributed by atoms with Crippen LogP contribution in [0.3, 0.4) is 0 Å². The summed E-state index contributed by atoms with van der Waals surface area (Å²) in [5.74, 6) is 0. The quantitative estimate of drug-likeness (QED) is 0.765. The number of H-pyrrole nitrogens is 1. The van der Waals surface area contributed by atoms with E-state index in [4.69, 9.17) is 9.63 Å². The zero-order valence-electron chi connectivity index (χ0n) is 10.5. The molecular weight excluding hydrogens is 294 g/mol. The molecule has 4 atom stereocenters. The molecule has 0 radical (unpaired) electrons. The molecule has 1 aromatic rings. The zero-order chi connectivity index (χ0) is 14.9. The van der Waals surface area contributed by atoms with Crippen molar-refractivity contribution in [2.24, 2.45) is 0 Å². The molecule has 4 unspecified atom stereocenters. The first kappa shape index (κ1) is 15.0. The molecule has 0 aromatic carbocycles. The number of aryl methyl sites for hydroxylation is 1. The Labute approximate surface area is 113 Å². The summed E-state index contributed by atoms with van der Waals surface area (Å²) in [4.78, 5) is 33.5. The summed E-state index contributed by atoms with van der Waals surface area (Å²) in [6, 6.07) is 0. The Morgan fingerprint density at radius 3 is 3.00 bits per heavy atom. The molecule has 0 bridgehead atoms. The van der Waals surface area contributed by atoms with E-state index >= 15 is 0 Å². The Kier molecular flexibility index (Phi) is 4.44. The van der Waals surface area contributed by atoms with Crippen molar-refractivity contribution < 1.29 is 23.1 Å². The van der Waals surface area contributed by atoms with E-state index in [-0.39, 0.29) is 13.0 Å². The van der Waals surface area contributed by atoms with Crippen molar-refractivity contribution in [2.45, 2.75) is 31.8 Å². The van der Waals surface area contributed by atoms with Crippen LogP contribution < -0.4 is 11.2 Å². The van der Waals surface area contributed by atoms with Crippen molar-refractivity contribution in [2.75, 3.05) is 6.61 Å². The average Bonchev–Trinajstić information content (AvgIpc) is 2.72. The van der Waals surface area contributed by atoms with Gasteiger partial charge in [0, 0.05) is 22.7 Å². The topological polar surface area (TPSA) is 111 Å². The predicted octanol–water partition coefficient (Wildman–Crippen LogP) is 0.137. The smallest absolute Gasteiger partial charge is 0.349 e. The van der Waals surface area contributed by atoms with Crippen molar-refractivity contribution in [3.63, 3.8) is 0 Å². The molecule has 0 aliphatic carbocycles. The van der Waals surface area contributed by atoms with Crippen LogP contribution in [0.4, 0.5) is 4.39 Å². The maximum atomic E-state index is 13.7. The second-order valence-corrected chi connectivity index (χ2v) is 5.13. The van der Waals surface area contributed by atoms with Crippen LogP contribution >= 0.6 is 8.25 Å². The van der Waals surface area contributed by atoms with Crippen LogP contribution in [0.2, 0.25) is 0 Å². The molecular formula is C10H13FN2O6P+. The van der Waals surface area contributed by atoms with Gasteiger partial charge in [0.25, 0.3) is 5.56 Å². The molecule has 1 aliphatic heterocycles. The SMILES string of the molecule is Cc1cn(C2CC(F)C(CO[P+](=O)O)O2)c(=O)[nH]c1=O. The van der Waals surface area contributed by atoms with Crippen LogP contribution in [0, 0.1) is 6.92 Å². The highest BCUT2D eigenvalue weighted by atomic mass is 31.1. The Morgan fingerprint density at radius 1 is 1.65 bits per heavy atom. The van der Waals surface area contributed by atoms with Crippen molar-refractivity contribution in [3.05, 3.63) is 32.6 Å². The van der Waals surface area contributed by atoms with Crippen LogP contribution in [-0.4, -0.2) is 33.3 Å². The Hall–Kier alpha value is -1.41. The van der Waals surface area contributed by atoms with Crippen LogP contribution in [-0.2, 0) is 13.8 Å². The molecule has 0 amide bonds. The van der Waals surface area contributed by atoms with Crippen LogP contribution in [0.5, 0.6) is 0 Å². The molecule has 2 rings (SSSR count). The van der Waals surface area contributed by atoms with Gasteiger partial charge in [0.1, 0.15) is 25.1 Å². The van der Waals surface area contributed by atoms with E-state index < -0.39 is 38.0 Å². The fourth-order valence-electron chi connectivity index (χ4n) is 1.95. The number of aromatic nitrogens is 2. The lowest BCUT2D eigenvalue weighted by molar-refractivity contribution is -0.0311. The van der Waals surface area contributed by atoms with E-state index in [1.807, 2.05) is 0 Å². The summed E-state index contributed by atoms with van der Waals surface area (Å²) >= 11 is 0. The Morgan fingerprint density at radius 2 is 2.35 bits per heavy atom. The number of rotatable bonds is 4. The van der Waals surface area contributed by atoms with Crippen molar-refractivity contribution >= 4 is 8.25 Å². The van der Waals surface area contributed by atoms with Crippen molar-refractivity contribution in [1.29, 1.82) is 0 Å². The number of hydrogen-bond donors (Lipinski definition) is 2. The highest BCUT2D eigenvalue weighted by Gasteiger charge is 2.39. The van der Waals surface area contributed by atoms with Gasteiger partial charge >= 0.3 is 13.9 Å². The summed E-state index contributed by atoms with van der Waals surface area (Å²) < 4.78 is 34.9. The van der Waals surface area contributed by atoms with Gasteiger partial charge in [-0.05, 0) is 6.92 Å². The summed E-state index contributed by atoms with van der Waals surface area (Å²) in [6.07, 6.45) is -2.19. The molecule has 2 heterocycles. The normalized spacial score (nSPS) is 26.8. The fourth-order valence-corrected chi connectivity index (χ4v) is 2.22. The van der Waals surface area contributed by atoms with Crippen LogP contribution in [0.15, 0.2) is 15.8 Å². The van der Waals surface area contributed by atoms with Crippen molar-refractivity contribution in [3.8, 4) is 0 Å². The van der Waals surface area contributed by atoms with Gasteiger partial charge in [-0.1, -0.05) is 0 Å². The second kappa shape index (κ2) is 5.92. The number of hydrogen-bond acceptors (Lipinski definition) is 5. The predicted molar refractivity (Wildman–Crippen MR) is 65.3 cm³/mol. The average molecular weight is 307 g/mol. The van der Waals surface area contributed by atoms with E-state index in [9.17, 15) is 18.5 Å². The number of halogens is 1. The monoisotopic (exact) mass is 307 g/mol. The molecule has 2 N–H and O–H groups in total. The lowest BCUT2D eigenvalue weighted by Gasteiger charge is -2.14. The molecule has 10 heteroatoms. The number of alkyl halides is 1. The van der Waals surface area contributed by atoms with Gasteiger partial charge < -0.3 is 4.74 Å². The first-order valence-corrected chi connectivity index (χ1v) is 6.92. The molecule has 0 saturated carbocycles.